The second-order valence-corrected chi connectivity index (χ2v) is 2.01. The Morgan fingerprint density at radius 1 is 1.33 bits per heavy atom. The van der Waals surface area contributed by atoms with Crippen LogP contribution < -0.4 is 11.5 Å². The first-order chi connectivity index (χ1) is 4.22. The maximum Gasteiger partial charge on any atom is 0.0577 e. The average Bonchev–Trinajstić information content (AvgIpc) is 1.83. The zero-order valence-electron chi connectivity index (χ0n) is 5.31. The van der Waals surface area contributed by atoms with Crippen molar-refractivity contribution >= 4 is 11.4 Å². The summed E-state index contributed by atoms with van der Waals surface area (Å²) in [4.78, 5) is 0. The first-order valence-corrected chi connectivity index (χ1v) is 2.73. The number of rotatable bonds is 0. The molecule has 0 aliphatic rings. The van der Waals surface area contributed by atoms with Crippen molar-refractivity contribution in [3.63, 3.8) is 0 Å². The third kappa shape index (κ3) is 0.964. The van der Waals surface area contributed by atoms with Gasteiger partial charge in [0.1, 0.15) is 0 Å². The number of hydrogen-bond donors (Lipinski definition) is 2. The summed E-state index contributed by atoms with van der Waals surface area (Å²) in [6, 6.07) is 6.34. The number of aryl methyl sites for hydroxylation is 1. The summed E-state index contributed by atoms with van der Waals surface area (Å²) < 4.78 is 0. The van der Waals surface area contributed by atoms with Crippen LogP contribution >= 0.6 is 0 Å². The zero-order valence-corrected chi connectivity index (χ0v) is 5.31. The van der Waals surface area contributed by atoms with Gasteiger partial charge in [-0.15, -0.1) is 0 Å². The van der Waals surface area contributed by atoms with E-state index in [9.17, 15) is 0 Å². The van der Waals surface area contributed by atoms with E-state index in [1.165, 1.54) is 0 Å². The summed E-state index contributed by atoms with van der Waals surface area (Å²) in [7, 11) is 0. The van der Waals surface area contributed by atoms with Gasteiger partial charge in [-0.1, -0.05) is 0 Å². The summed E-state index contributed by atoms with van der Waals surface area (Å²) in [5.74, 6) is 0. The maximum absolute atomic E-state index is 5.54. The quantitative estimate of drug-likeness (QED) is 0.502. The van der Waals surface area contributed by atoms with Crippen LogP contribution in [0.3, 0.4) is 0 Å². The molecule has 0 atom stereocenters. The largest absolute Gasteiger partial charge is 0.397 e. The van der Waals surface area contributed by atoms with Crippen LogP contribution in [0, 0.1) is 13.0 Å². The fraction of sp³-hybridized carbons (Fsp3) is 0.143. The molecule has 0 spiro atoms. The van der Waals surface area contributed by atoms with E-state index in [0.717, 1.165) is 5.56 Å². The second-order valence-electron chi connectivity index (χ2n) is 2.01. The van der Waals surface area contributed by atoms with Crippen LogP contribution in [0.1, 0.15) is 5.56 Å². The molecule has 0 aliphatic heterocycles. The van der Waals surface area contributed by atoms with Crippen LogP contribution in [0.2, 0.25) is 0 Å². The van der Waals surface area contributed by atoms with E-state index in [1.807, 2.05) is 13.0 Å². The molecule has 0 aliphatic carbocycles. The van der Waals surface area contributed by atoms with E-state index < -0.39 is 0 Å². The fourth-order valence-corrected chi connectivity index (χ4v) is 0.640. The molecule has 2 nitrogen and oxygen atoms in total. The van der Waals surface area contributed by atoms with Gasteiger partial charge in [-0.25, -0.2) is 0 Å². The lowest BCUT2D eigenvalue weighted by Gasteiger charge is -2.00. The van der Waals surface area contributed by atoms with Gasteiger partial charge in [0.25, 0.3) is 0 Å². The zero-order chi connectivity index (χ0) is 6.85. The highest BCUT2D eigenvalue weighted by Gasteiger charge is 1.93. The van der Waals surface area contributed by atoms with E-state index in [-0.39, 0.29) is 0 Å². The van der Waals surface area contributed by atoms with E-state index in [1.54, 1.807) is 6.07 Å². The molecule has 0 saturated carbocycles. The number of nitrogen functional groups attached to an aromatic ring is 2. The predicted octanol–water partition coefficient (Wildman–Crippen LogP) is 0.960. The standard InChI is InChI=1S/C7H9N2/c1-5-3-2-4-6(8)7(5)9/h3-4H,8-9H2,1H3. The lowest BCUT2D eigenvalue weighted by molar-refractivity contribution is 1.47. The second kappa shape index (κ2) is 1.97. The van der Waals surface area contributed by atoms with Crippen LogP contribution in [0.15, 0.2) is 12.1 Å². The summed E-state index contributed by atoms with van der Waals surface area (Å²) in [6.07, 6.45) is 0. The molecular formula is C7H9N2. The van der Waals surface area contributed by atoms with Crippen LogP contribution in [0.4, 0.5) is 11.4 Å². The topological polar surface area (TPSA) is 52.0 Å². The summed E-state index contributed by atoms with van der Waals surface area (Å²) >= 11 is 0. The lowest BCUT2D eigenvalue weighted by Crippen LogP contribution is -1.95. The molecule has 0 heterocycles. The SMILES string of the molecule is Cc1c[c]cc(N)c1N. The Balaban J connectivity index is 3.25. The summed E-state index contributed by atoms with van der Waals surface area (Å²) in [5, 5.41) is 0. The smallest absolute Gasteiger partial charge is 0.0577 e. The maximum atomic E-state index is 5.54. The van der Waals surface area contributed by atoms with Crippen molar-refractivity contribution in [1.29, 1.82) is 0 Å². The van der Waals surface area contributed by atoms with Gasteiger partial charge >= 0.3 is 0 Å². The lowest BCUT2D eigenvalue weighted by atomic mass is 10.2. The minimum Gasteiger partial charge on any atom is -0.397 e. The van der Waals surface area contributed by atoms with Crippen LogP contribution in [-0.4, -0.2) is 0 Å². The Morgan fingerprint density at radius 3 is 2.44 bits per heavy atom. The number of anilines is 2. The highest BCUT2D eigenvalue weighted by atomic mass is 14.7. The molecule has 1 aromatic rings. The fourth-order valence-electron chi connectivity index (χ4n) is 0.640. The van der Waals surface area contributed by atoms with Crippen molar-refractivity contribution in [1.82, 2.24) is 0 Å². The average molecular weight is 121 g/mol. The Morgan fingerprint density at radius 2 is 2.00 bits per heavy atom. The molecule has 9 heavy (non-hydrogen) atoms. The van der Waals surface area contributed by atoms with Crippen LogP contribution in [0.5, 0.6) is 0 Å². The highest BCUT2D eigenvalue weighted by Crippen LogP contribution is 2.16. The Kier molecular flexibility index (Phi) is 1.30. The summed E-state index contributed by atoms with van der Waals surface area (Å²) in [5.41, 5.74) is 13.3. The molecule has 0 bridgehead atoms. The van der Waals surface area contributed by atoms with E-state index in [4.69, 9.17) is 11.5 Å². The van der Waals surface area contributed by atoms with Gasteiger partial charge in [0.2, 0.25) is 0 Å². The highest BCUT2D eigenvalue weighted by molar-refractivity contribution is 5.66. The van der Waals surface area contributed by atoms with E-state index in [2.05, 4.69) is 6.07 Å². The molecule has 0 saturated heterocycles. The van der Waals surface area contributed by atoms with Gasteiger partial charge in [-0.05, 0) is 30.7 Å². The molecule has 0 fully saturated rings. The monoisotopic (exact) mass is 121 g/mol. The Labute approximate surface area is 54.5 Å². The van der Waals surface area contributed by atoms with E-state index in [0.29, 0.717) is 11.4 Å². The molecule has 1 aromatic carbocycles. The van der Waals surface area contributed by atoms with Crippen LogP contribution in [-0.2, 0) is 0 Å². The molecule has 2 heteroatoms. The van der Waals surface area contributed by atoms with Crippen molar-refractivity contribution in [3.8, 4) is 0 Å². The van der Waals surface area contributed by atoms with Crippen molar-refractivity contribution in [2.24, 2.45) is 0 Å². The molecular weight excluding hydrogens is 112 g/mol. The van der Waals surface area contributed by atoms with Crippen molar-refractivity contribution in [2.45, 2.75) is 6.92 Å². The molecule has 1 rings (SSSR count). The van der Waals surface area contributed by atoms with E-state index >= 15 is 0 Å². The minimum absolute atomic E-state index is 0.606. The van der Waals surface area contributed by atoms with Gasteiger partial charge in [0.15, 0.2) is 0 Å². The van der Waals surface area contributed by atoms with Crippen LogP contribution in [0.25, 0.3) is 0 Å². The van der Waals surface area contributed by atoms with Crippen molar-refractivity contribution in [2.75, 3.05) is 11.5 Å². The number of benzene rings is 1. The number of nitrogens with two attached hydrogens (primary N) is 2. The third-order valence-corrected chi connectivity index (χ3v) is 1.27. The van der Waals surface area contributed by atoms with Gasteiger partial charge < -0.3 is 11.5 Å². The van der Waals surface area contributed by atoms with Gasteiger partial charge in [-0.2, -0.15) is 0 Å². The number of hydrogen-bond acceptors (Lipinski definition) is 2. The minimum atomic E-state index is 0.606. The Bertz CT molecular complexity index is 198. The molecule has 47 valence electrons. The first kappa shape index (κ1) is 5.95. The molecule has 0 unspecified atom stereocenters. The molecule has 0 amide bonds. The third-order valence-electron chi connectivity index (χ3n) is 1.27. The molecule has 1 radical (unpaired) electrons. The Hall–Kier alpha value is -1.18. The van der Waals surface area contributed by atoms with Crippen molar-refractivity contribution in [3.05, 3.63) is 23.8 Å². The van der Waals surface area contributed by atoms with Gasteiger partial charge in [-0.3, -0.25) is 0 Å². The molecule has 4 N–H and O–H groups in total. The first-order valence-electron chi connectivity index (χ1n) is 2.73. The summed E-state index contributed by atoms with van der Waals surface area (Å²) in [6.45, 7) is 1.90. The normalized spacial score (nSPS) is 9.44. The van der Waals surface area contributed by atoms with Crippen molar-refractivity contribution < 1.29 is 0 Å². The van der Waals surface area contributed by atoms with Gasteiger partial charge in [0.05, 0.1) is 11.4 Å². The molecule has 0 aromatic heterocycles. The predicted molar refractivity (Wildman–Crippen MR) is 38.8 cm³/mol. The van der Waals surface area contributed by atoms with Gasteiger partial charge in [0, 0.05) is 0 Å².